The van der Waals surface area contributed by atoms with Gasteiger partial charge in [-0.15, -0.1) is 0 Å². The van der Waals surface area contributed by atoms with Crippen molar-refractivity contribution in [2.45, 2.75) is 12.3 Å². The van der Waals surface area contributed by atoms with Crippen LogP contribution in [0.3, 0.4) is 0 Å². The number of aliphatic hydroxyl groups excluding tert-OH is 1. The highest BCUT2D eigenvalue weighted by atomic mass is 19.3. The molecule has 0 heterocycles. The van der Waals surface area contributed by atoms with Gasteiger partial charge in [0.05, 0.1) is 12.0 Å². The van der Waals surface area contributed by atoms with Crippen molar-refractivity contribution in [3.05, 3.63) is 0 Å². The summed E-state index contributed by atoms with van der Waals surface area (Å²) in [7, 11) is 3.46. The van der Waals surface area contributed by atoms with E-state index in [1.54, 1.807) is 19.0 Å². The lowest BCUT2D eigenvalue weighted by atomic mass is 10.1. The summed E-state index contributed by atoms with van der Waals surface area (Å²) in [4.78, 5) is 1.68. The second-order valence-corrected chi connectivity index (χ2v) is 3.56. The van der Waals surface area contributed by atoms with Gasteiger partial charge in [-0.3, -0.25) is 0 Å². The molecule has 0 amide bonds. The monoisotopic (exact) mass is 165 g/mol. The van der Waals surface area contributed by atoms with Gasteiger partial charge in [-0.1, -0.05) is 0 Å². The van der Waals surface area contributed by atoms with Gasteiger partial charge >= 0.3 is 0 Å². The molecule has 1 fully saturated rings. The second kappa shape index (κ2) is 2.38. The molecule has 0 spiro atoms. The molecular weight excluding hydrogens is 152 g/mol. The second-order valence-electron chi connectivity index (χ2n) is 3.56. The summed E-state index contributed by atoms with van der Waals surface area (Å²) < 4.78 is 25.3. The van der Waals surface area contributed by atoms with Crippen LogP contribution in [-0.4, -0.2) is 43.2 Å². The Hall–Kier alpha value is -0.220. The molecule has 2 nitrogen and oxygen atoms in total. The van der Waals surface area contributed by atoms with E-state index in [2.05, 4.69) is 0 Å². The summed E-state index contributed by atoms with van der Waals surface area (Å²) in [5.41, 5.74) is -1.14. The molecule has 11 heavy (non-hydrogen) atoms. The third-order valence-corrected chi connectivity index (χ3v) is 2.13. The molecule has 0 aromatic rings. The zero-order valence-electron chi connectivity index (χ0n) is 6.77. The standard InChI is InChI=1S/C7H13F2NO/c1-10(2)4-6(5-11)3-7(6,8)9/h11H,3-5H2,1-2H3/t6-/m1/s1. The number of alkyl halides is 2. The van der Waals surface area contributed by atoms with E-state index in [4.69, 9.17) is 5.11 Å². The van der Waals surface area contributed by atoms with Gasteiger partial charge in [-0.2, -0.15) is 0 Å². The summed E-state index contributed by atoms with van der Waals surface area (Å²) in [5, 5.41) is 8.73. The van der Waals surface area contributed by atoms with Crippen LogP contribution >= 0.6 is 0 Å². The van der Waals surface area contributed by atoms with Crippen LogP contribution in [-0.2, 0) is 0 Å². The van der Waals surface area contributed by atoms with E-state index < -0.39 is 17.9 Å². The summed E-state index contributed by atoms with van der Waals surface area (Å²) in [5.74, 6) is -2.65. The van der Waals surface area contributed by atoms with E-state index in [1.807, 2.05) is 0 Å². The number of nitrogens with zero attached hydrogens (tertiary/aromatic N) is 1. The summed E-state index contributed by atoms with van der Waals surface area (Å²) in [6.07, 6.45) is -0.172. The molecule has 1 saturated carbocycles. The largest absolute Gasteiger partial charge is 0.396 e. The van der Waals surface area contributed by atoms with E-state index >= 15 is 0 Å². The van der Waals surface area contributed by atoms with Crippen LogP contribution in [0.15, 0.2) is 0 Å². The van der Waals surface area contributed by atoms with E-state index in [0.717, 1.165) is 0 Å². The Morgan fingerprint density at radius 3 is 2.00 bits per heavy atom. The topological polar surface area (TPSA) is 23.5 Å². The van der Waals surface area contributed by atoms with Crippen LogP contribution in [0.25, 0.3) is 0 Å². The molecule has 66 valence electrons. The van der Waals surface area contributed by atoms with Crippen molar-refractivity contribution in [2.75, 3.05) is 27.2 Å². The molecule has 0 radical (unpaired) electrons. The fraction of sp³-hybridized carbons (Fsp3) is 1.00. The summed E-state index contributed by atoms with van der Waals surface area (Å²) in [6, 6.07) is 0. The third-order valence-electron chi connectivity index (χ3n) is 2.13. The van der Waals surface area contributed by atoms with Gasteiger partial charge in [0.25, 0.3) is 5.92 Å². The first kappa shape index (κ1) is 8.87. The summed E-state index contributed by atoms with van der Waals surface area (Å²) >= 11 is 0. The molecule has 1 aliphatic carbocycles. The molecule has 1 aliphatic rings. The fourth-order valence-corrected chi connectivity index (χ4v) is 1.38. The summed E-state index contributed by atoms with van der Waals surface area (Å²) in [6.45, 7) is -0.158. The SMILES string of the molecule is CN(C)C[C@@]1(CO)CC1(F)F. The Labute approximate surface area is 64.8 Å². The first-order chi connectivity index (χ1) is 4.93. The maximum absolute atomic E-state index is 12.6. The van der Waals surface area contributed by atoms with Gasteiger partial charge in [-0.05, 0) is 14.1 Å². The van der Waals surface area contributed by atoms with Gasteiger partial charge in [0.2, 0.25) is 0 Å². The minimum Gasteiger partial charge on any atom is -0.396 e. The van der Waals surface area contributed by atoms with E-state index in [-0.39, 0.29) is 13.0 Å². The predicted molar refractivity (Wildman–Crippen MR) is 37.6 cm³/mol. The minimum absolute atomic E-state index is 0.172. The van der Waals surface area contributed by atoms with E-state index in [1.165, 1.54) is 0 Å². The molecule has 0 bridgehead atoms. The van der Waals surface area contributed by atoms with E-state index in [0.29, 0.717) is 0 Å². The zero-order valence-corrected chi connectivity index (χ0v) is 6.77. The lowest BCUT2D eigenvalue weighted by Gasteiger charge is -2.17. The van der Waals surface area contributed by atoms with Crippen LogP contribution < -0.4 is 0 Å². The Balaban J connectivity index is 2.53. The number of hydrogen-bond donors (Lipinski definition) is 1. The lowest BCUT2D eigenvalue weighted by Crippen LogP contribution is -2.30. The van der Waals surface area contributed by atoms with Crippen LogP contribution in [0.1, 0.15) is 6.42 Å². The normalized spacial score (nSPS) is 34.4. The van der Waals surface area contributed by atoms with Crippen molar-refractivity contribution < 1.29 is 13.9 Å². The zero-order chi connectivity index (χ0) is 8.70. The molecule has 1 atom stereocenters. The van der Waals surface area contributed by atoms with Crippen LogP contribution in [0, 0.1) is 5.41 Å². The van der Waals surface area contributed by atoms with Gasteiger partial charge in [0.15, 0.2) is 0 Å². The molecule has 4 heteroatoms. The highest BCUT2D eigenvalue weighted by Crippen LogP contribution is 2.60. The van der Waals surface area contributed by atoms with Crippen molar-refractivity contribution >= 4 is 0 Å². The number of hydrogen-bond acceptors (Lipinski definition) is 2. The van der Waals surface area contributed by atoms with Crippen molar-refractivity contribution in [1.29, 1.82) is 0 Å². The van der Waals surface area contributed by atoms with Gasteiger partial charge in [0.1, 0.15) is 0 Å². The molecule has 1 N–H and O–H groups in total. The number of aliphatic hydroxyl groups is 1. The third kappa shape index (κ3) is 1.37. The molecule has 0 saturated heterocycles. The predicted octanol–water partition coefficient (Wildman–Crippen LogP) is 0.566. The molecule has 0 aliphatic heterocycles. The smallest absolute Gasteiger partial charge is 0.258 e. The maximum atomic E-state index is 12.6. The molecule has 0 aromatic heterocycles. The highest BCUT2D eigenvalue weighted by molar-refractivity contribution is 5.10. The quantitative estimate of drug-likeness (QED) is 0.660. The number of rotatable bonds is 3. The molecule has 1 rings (SSSR count). The van der Waals surface area contributed by atoms with Crippen molar-refractivity contribution in [3.63, 3.8) is 0 Å². The van der Waals surface area contributed by atoms with Crippen LogP contribution in [0.5, 0.6) is 0 Å². The first-order valence-corrected chi connectivity index (χ1v) is 3.57. The van der Waals surface area contributed by atoms with Gasteiger partial charge in [0, 0.05) is 13.0 Å². The first-order valence-electron chi connectivity index (χ1n) is 3.57. The van der Waals surface area contributed by atoms with Crippen LogP contribution in [0.2, 0.25) is 0 Å². The lowest BCUT2D eigenvalue weighted by molar-refractivity contribution is 0.0252. The van der Waals surface area contributed by atoms with Gasteiger partial charge < -0.3 is 10.0 Å². The Morgan fingerprint density at radius 1 is 1.45 bits per heavy atom. The van der Waals surface area contributed by atoms with Crippen molar-refractivity contribution in [1.82, 2.24) is 4.90 Å². The molecule has 0 aromatic carbocycles. The molecule has 0 unspecified atom stereocenters. The highest BCUT2D eigenvalue weighted by Gasteiger charge is 2.70. The Bertz CT molecular complexity index is 161. The number of halogens is 2. The van der Waals surface area contributed by atoms with Gasteiger partial charge in [-0.25, -0.2) is 8.78 Å². The average Bonchev–Trinajstić information content (AvgIpc) is 2.33. The fourth-order valence-electron chi connectivity index (χ4n) is 1.38. The Morgan fingerprint density at radius 2 is 1.91 bits per heavy atom. The van der Waals surface area contributed by atoms with E-state index in [9.17, 15) is 8.78 Å². The Kier molecular flexibility index (Phi) is 1.92. The van der Waals surface area contributed by atoms with Crippen molar-refractivity contribution in [2.24, 2.45) is 5.41 Å². The van der Waals surface area contributed by atoms with Crippen molar-refractivity contribution in [3.8, 4) is 0 Å². The molecular formula is C7H13F2NO. The maximum Gasteiger partial charge on any atom is 0.258 e. The average molecular weight is 165 g/mol. The van der Waals surface area contributed by atoms with Crippen LogP contribution in [0.4, 0.5) is 8.78 Å². The minimum atomic E-state index is -2.65.